The highest BCUT2D eigenvalue weighted by Gasteiger charge is 2.33. The Morgan fingerprint density at radius 1 is 1.33 bits per heavy atom. The Kier molecular flexibility index (Phi) is 4.27. The molecule has 1 saturated carbocycles. The van der Waals surface area contributed by atoms with Crippen molar-refractivity contribution in [1.82, 2.24) is 0 Å². The van der Waals surface area contributed by atoms with Crippen LogP contribution in [0.25, 0.3) is 0 Å². The normalized spacial score (nSPS) is 17.6. The van der Waals surface area contributed by atoms with Gasteiger partial charge < -0.3 is 10.5 Å². The van der Waals surface area contributed by atoms with E-state index < -0.39 is 5.91 Å². The zero-order valence-corrected chi connectivity index (χ0v) is 11.9. The molecule has 2 N–H and O–H groups in total. The summed E-state index contributed by atoms with van der Waals surface area (Å²) in [6.45, 7) is 0.641. The smallest absolute Gasteiger partial charge is 0.252 e. The molecule has 0 radical (unpaired) electrons. The van der Waals surface area contributed by atoms with Gasteiger partial charge in [0.05, 0.1) is 12.2 Å². The third-order valence-corrected chi connectivity index (χ3v) is 4.82. The van der Waals surface area contributed by atoms with E-state index in [1.165, 1.54) is 25.7 Å². The van der Waals surface area contributed by atoms with Crippen molar-refractivity contribution < 1.29 is 9.53 Å². The molecule has 0 aromatic heterocycles. The van der Waals surface area contributed by atoms with Crippen molar-refractivity contribution in [1.29, 1.82) is 0 Å². The molecule has 1 amide bonds. The molecule has 98 valence electrons. The molecule has 2 rings (SSSR count). The number of carbonyl (C=O) groups is 1. The molecule has 0 heterocycles. The summed E-state index contributed by atoms with van der Waals surface area (Å²) in [6.07, 6.45) is 4.87. The van der Waals surface area contributed by atoms with E-state index in [0.717, 1.165) is 5.33 Å². The average molecular weight is 312 g/mol. The molecule has 3 nitrogen and oxygen atoms in total. The van der Waals surface area contributed by atoms with E-state index in [1.807, 2.05) is 6.07 Å². The summed E-state index contributed by atoms with van der Waals surface area (Å²) in [4.78, 5) is 11.3. The van der Waals surface area contributed by atoms with Crippen molar-refractivity contribution in [2.24, 2.45) is 11.1 Å². The number of halogens is 1. The molecule has 0 bridgehead atoms. The van der Waals surface area contributed by atoms with Gasteiger partial charge in [0.15, 0.2) is 0 Å². The molecule has 18 heavy (non-hydrogen) atoms. The van der Waals surface area contributed by atoms with Gasteiger partial charge in [0.2, 0.25) is 0 Å². The van der Waals surface area contributed by atoms with Gasteiger partial charge in [-0.3, -0.25) is 4.79 Å². The molecule has 0 unspecified atom stereocenters. The molecule has 1 aliphatic carbocycles. The van der Waals surface area contributed by atoms with E-state index in [9.17, 15) is 4.79 Å². The van der Waals surface area contributed by atoms with Crippen LogP contribution in [0.4, 0.5) is 0 Å². The number of rotatable bonds is 5. The number of alkyl halides is 1. The molecule has 0 atom stereocenters. The molecular formula is C14H18BrNO2. The quantitative estimate of drug-likeness (QED) is 0.849. The number of hydrogen-bond acceptors (Lipinski definition) is 2. The molecule has 0 aliphatic heterocycles. The molecule has 1 fully saturated rings. The molecule has 0 spiro atoms. The minimum absolute atomic E-state index is 0.213. The Labute approximate surface area is 116 Å². The van der Waals surface area contributed by atoms with Crippen LogP contribution in [0.5, 0.6) is 5.75 Å². The van der Waals surface area contributed by atoms with E-state index in [0.29, 0.717) is 17.9 Å². The van der Waals surface area contributed by atoms with Gasteiger partial charge >= 0.3 is 0 Å². The van der Waals surface area contributed by atoms with Gasteiger partial charge in [-0.15, -0.1) is 0 Å². The SMILES string of the molecule is NC(=O)c1ccccc1OCC1(CBr)CCCC1. The van der Waals surface area contributed by atoms with Gasteiger partial charge in [-0.05, 0) is 25.0 Å². The lowest BCUT2D eigenvalue weighted by Crippen LogP contribution is -2.27. The van der Waals surface area contributed by atoms with Crippen LogP contribution in [0.2, 0.25) is 0 Å². The monoisotopic (exact) mass is 311 g/mol. The third kappa shape index (κ3) is 2.86. The summed E-state index contributed by atoms with van der Waals surface area (Å²) in [7, 11) is 0. The van der Waals surface area contributed by atoms with Crippen molar-refractivity contribution >= 4 is 21.8 Å². The molecule has 1 aromatic carbocycles. The first-order valence-corrected chi connectivity index (χ1v) is 7.37. The minimum Gasteiger partial charge on any atom is -0.492 e. The Morgan fingerprint density at radius 2 is 2.00 bits per heavy atom. The lowest BCUT2D eigenvalue weighted by Gasteiger charge is -2.26. The summed E-state index contributed by atoms with van der Waals surface area (Å²) in [5.41, 5.74) is 6.01. The van der Waals surface area contributed by atoms with E-state index in [2.05, 4.69) is 15.9 Å². The lowest BCUT2D eigenvalue weighted by atomic mass is 9.90. The number of ether oxygens (including phenoxy) is 1. The van der Waals surface area contributed by atoms with Crippen molar-refractivity contribution in [3.8, 4) is 5.75 Å². The van der Waals surface area contributed by atoms with Crippen LogP contribution < -0.4 is 10.5 Å². The van der Waals surface area contributed by atoms with Gasteiger partial charge in [0.25, 0.3) is 5.91 Å². The lowest BCUT2D eigenvalue weighted by molar-refractivity contribution is 0.0992. The average Bonchev–Trinajstić information content (AvgIpc) is 2.86. The van der Waals surface area contributed by atoms with E-state index in [4.69, 9.17) is 10.5 Å². The maximum absolute atomic E-state index is 11.3. The van der Waals surface area contributed by atoms with Crippen LogP contribution in [-0.4, -0.2) is 17.8 Å². The second-order valence-corrected chi connectivity index (χ2v) is 5.55. The fraction of sp³-hybridized carbons (Fsp3) is 0.500. The highest BCUT2D eigenvalue weighted by molar-refractivity contribution is 9.09. The number of para-hydroxylation sites is 1. The highest BCUT2D eigenvalue weighted by Crippen LogP contribution is 2.40. The summed E-state index contributed by atoms with van der Waals surface area (Å²) in [5.74, 6) is 0.155. The standard InChI is InChI=1S/C14H18BrNO2/c15-9-14(7-3-4-8-14)10-18-12-6-2-1-5-11(12)13(16)17/h1-2,5-6H,3-4,7-10H2,(H2,16,17). The molecule has 1 aliphatic rings. The predicted molar refractivity (Wildman–Crippen MR) is 75.1 cm³/mol. The highest BCUT2D eigenvalue weighted by atomic mass is 79.9. The number of benzene rings is 1. The first-order chi connectivity index (χ1) is 8.67. The van der Waals surface area contributed by atoms with Gasteiger partial charge in [-0.2, -0.15) is 0 Å². The molecule has 0 saturated heterocycles. The van der Waals surface area contributed by atoms with Crippen LogP contribution in [0, 0.1) is 5.41 Å². The number of amides is 1. The van der Waals surface area contributed by atoms with Gasteiger partial charge in [-0.1, -0.05) is 40.9 Å². The first-order valence-electron chi connectivity index (χ1n) is 6.24. The van der Waals surface area contributed by atoms with Crippen LogP contribution in [-0.2, 0) is 0 Å². The first kappa shape index (κ1) is 13.4. The van der Waals surface area contributed by atoms with E-state index in [-0.39, 0.29) is 5.41 Å². The summed E-state index contributed by atoms with van der Waals surface area (Å²) >= 11 is 3.58. The van der Waals surface area contributed by atoms with Gasteiger partial charge in [0.1, 0.15) is 5.75 Å². The van der Waals surface area contributed by atoms with Crippen molar-refractivity contribution in [3.63, 3.8) is 0 Å². The fourth-order valence-electron chi connectivity index (χ4n) is 2.47. The van der Waals surface area contributed by atoms with Crippen LogP contribution >= 0.6 is 15.9 Å². The molecule has 1 aromatic rings. The summed E-state index contributed by atoms with van der Waals surface area (Å²) < 4.78 is 5.85. The minimum atomic E-state index is -0.440. The predicted octanol–water partition coefficient (Wildman–Crippen LogP) is 3.12. The maximum Gasteiger partial charge on any atom is 0.252 e. The Bertz CT molecular complexity index is 428. The van der Waals surface area contributed by atoms with E-state index in [1.54, 1.807) is 18.2 Å². The second kappa shape index (κ2) is 5.74. The van der Waals surface area contributed by atoms with Crippen molar-refractivity contribution in [2.45, 2.75) is 25.7 Å². The largest absolute Gasteiger partial charge is 0.492 e. The zero-order valence-electron chi connectivity index (χ0n) is 10.3. The van der Waals surface area contributed by atoms with Crippen LogP contribution in [0.15, 0.2) is 24.3 Å². The van der Waals surface area contributed by atoms with Crippen molar-refractivity contribution in [3.05, 3.63) is 29.8 Å². The number of hydrogen-bond donors (Lipinski definition) is 1. The third-order valence-electron chi connectivity index (χ3n) is 3.63. The number of primary amides is 1. The van der Waals surface area contributed by atoms with Crippen LogP contribution in [0.3, 0.4) is 0 Å². The van der Waals surface area contributed by atoms with Gasteiger partial charge in [-0.25, -0.2) is 0 Å². The van der Waals surface area contributed by atoms with Gasteiger partial charge in [0, 0.05) is 10.7 Å². The topological polar surface area (TPSA) is 52.3 Å². The number of carbonyl (C=O) groups excluding carboxylic acids is 1. The summed E-state index contributed by atoms with van der Waals surface area (Å²) in [5, 5.41) is 0.943. The van der Waals surface area contributed by atoms with Crippen LogP contribution in [0.1, 0.15) is 36.0 Å². The molecular weight excluding hydrogens is 294 g/mol. The maximum atomic E-state index is 11.3. The summed E-state index contributed by atoms with van der Waals surface area (Å²) in [6, 6.07) is 7.16. The Balaban J connectivity index is 2.08. The Morgan fingerprint density at radius 3 is 2.61 bits per heavy atom. The second-order valence-electron chi connectivity index (χ2n) is 4.99. The fourth-order valence-corrected chi connectivity index (χ4v) is 3.19. The number of nitrogens with two attached hydrogens (primary N) is 1. The van der Waals surface area contributed by atoms with E-state index >= 15 is 0 Å². The molecule has 4 heteroatoms. The van der Waals surface area contributed by atoms with Crippen molar-refractivity contribution in [2.75, 3.05) is 11.9 Å². The Hall–Kier alpha value is -1.03. The zero-order chi connectivity index (χ0) is 13.0.